The Kier molecular flexibility index (Phi) is 3.73. The molecule has 0 radical (unpaired) electrons. The summed E-state index contributed by atoms with van der Waals surface area (Å²) >= 11 is 0. The van der Waals surface area contributed by atoms with Gasteiger partial charge in [-0.1, -0.05) is 24.6 Å². The van der Waals surface area contributed by atoms with Crippen molar-refractivity contribution < 1.29 is 43.2 Å². The number of hydrogen-bond acceptors (Lipinski definition) is 9. The van der Waals surface area contributed by atoms with Gasteiger partial charge in [0.2, 0.25) is 5.79 Å². The molecular weight excluding hydrogens is 480 g/mol. The van der Waals surface area contributed by atoms with E-state index in [0.717, 1.165) is 5.57 Å². The molecule has 3 aliphatic carbocycles. The van der Waals surface area contributed by atoms with E-state index in [0.29, 0.717) is 25.7 Å². The molecule has 9 heteroatoms. The van der Waals surface area contributed by atoms with E-state index in [1.54, 1.807) is 13.0 Å². The molecule has 8 rings (SSSR count). The highest BCUT2D eigenvalue weighted by Gasteiger charge is 2.93. The lowest BCUT2D eigenvalue weighted by molar-refractivity contribution is -0.374. The molecule has 0 aromatic carbocycles. The lowest BCUT2D eigenvalue weighted by Gasteiger charge is -2.63. The van der Waals surface area contributed by atoms with Gasteiger partial charge in [-0.15, -0.1) is 0 Å². The zero-order valence-electron chi connectivity index (χ0n) is 21.1. The highest BCUT2D eigenvalue weighted by Crippen LogP contribution is 2.75. The molecular formula is C28H30O9. The Morgan fingerprint density at radius 3 is 2.65 bits per heavy atom. The van der Waals surface area contributed by atoms with E-state index in [1.165, 1.54) is 0 Å². The molecule has 6 fully saturated rings. The largest absolute Gasteiger partial charge is 0.458 e. The molecule has 5 saturated heterocycles. The van der Waals surface area contributed by atoms with Gasteiger partial charge in [-0.25, -0.2) is 4.79 Å². The Morgan fingerprint density at radius 2 is 1.86 bits per heavy atom. The van der Waals surface area contributed by atoms with Crippen LogP contribution >= 0.6 is 0 Å². The molecule has 4 unspecified atom stereocenters. The van der Waals surface area contributed by atoms with Crippen LogP contribution in [0.25, 0.3) is 0 Å². The van der Waals surface area contributed by atoms with Crippen molar-refractivity contribution in [3.8, 4) is 0 Å². The summed E-state index contributed by atoms with van der Waals surface area (Å²) in [5, 5.41) is 12.4. The number of rotatable bonds is 0. The molecule has 5 bridgehead atoms. The number of ether oxygens (including phenoxy) is 4. The fraction of sp³-hybridized carbons (Fsp3) is 0.714. The molecule has 8 aliphatic rings. The predicted molar refractivity (Wildman–Crippen MR) is 122 cm³/mol. The minimum Gasteiger partial charge on any atom is -0.458 e. The maximum atomic E-state index is 14.8. The zero-order chi connectivity index (χ0) is 26.0. The van der Waals surface area contributed by atoms with E-state index in [1.807, 2.05) is 26.0 Å². The monoisotopic (exact) mass is 510 g/mol. The topological polar surface area (TPSA) is 125 Å². The van der Waals surface area contributed by atoms with Gasteiger partial charge in [0.05, 0.1) is 23.9 Å². The van der Waals surface area contributed by atoms with Crippen molar-refractivity contribution in [2.45, 2.75) is 81.6 Å². The molecule has 0 aromatic rings. The summed E-state index contributed by atoms with van der Waals surface area (Å²) in [4.78, 5) is 55.2. The summed E-state index contributed by atoms with van der Waals surface area (Å²) in [6.07, 6.45) is 6.24. The van der Waals surface area contributed by atoms with Crippen LogP contribution in [0.5, 0.6) is 0 Å². The van der Waals surface area contributed by atoms with Crippen LogP contribution in [0.1, 0.15) is 52.9 Å². The fourth-order valence-electron chi connectivity index (χ4n) is 10.0. The third kappa shape index (κ3) is 1.97. The SMILES string of the molecule is C[C@]12C(=O)C=CCC1=CCC1C2CCC2(O)C(=O)O[C@@]3(C)[C@H]4C[C@@]5(C)C6C(=O)[C@]1(OC[C@H]5C(=O)O4)O[C@]623. The van der Waals surface area contributed by atoms with Gasteiger partial charge in [-0.2, -0.15) is 0 Å². The van der Waals surface area contributed by atoms with Crippen molar-refractivity contribution in [1.29, 1.82) is 0 Å². The molecule has 1 saturated carbocycles. The van der Waals surface area contributed by atoms with E-state index in [2.05, 4.69) is 0 Å². The van der Waals surface area contributed by atoms with Gasteiger partial charge >= 0.3 is 11.9 Å². The maximum absolute atomic E-state index is 14.8. The predicted octanol–water partition coefficient (Wildman–Crippen LogP) is 1.56. The van der Waals surface area contributed by atoms with E-state index < -0.39 is 75.1 Å². The van der Waals surface area contributed by atoms with Gasteiger partial charge in [0.15, 0.2) is 28.4 Å². The molecule has 0 amide bonds. The standard InChI is InChI=1S/C28H30O9/c1-23-11-18-25(3)28-19(23)20(30)27(37-28,34-12-16(23)21(31)35-18)15-8-7-13-5-4-6-17(29)24(13,2)14(15)9-10-26(28,33)22(32)36-25/h4,6-7,14-16,18-19,33H,5,8-12H2,1-3H3/t14?,15?,16-,18+,19?,23+,24-,25-,26?,27+,28-/m0/s1. The third-order valence-corrected chi connectivity index (χ3v) is 12.0. The summed E-state index contributed by atoms with van der Waals surface area (Å²) in [5.74, 6) is -6.36. The van der Waals surface area contributed by atoms with Crippen LogP contribution in [0.4, 0.5) is 0 Å². The molecule has 11 atom stereocenters. The second-order valence-electron chi connectivity index (χ2n) is 13.0. The molecule has 5 heterocycles. The van der Waals surface area contributed by atoms with Crippen LogP contribution in [0.3, 0.4) is 0 Å². The number of carbonyl (C=O) groups is 4. The average molecular weight is 511 g/mol. The first-order chi connectivity index (χ1) is 17.4. The van der Waals surface area contributed by atoms with E-state index in [9.17, 15) is 24.3 Å². The summed E-state index contributed by atoms with van der Waals surface area (Å²) in [6, 6.07) is 0. The van der Waals surface area contributed by atoms with Crippen LogP contribution < -0.4 is 0 Å². The average Bonchev–Trinajstić information content (AvgIpc) is 3.16. The number of aliphatic hydroxyl groups is 1. The van der Waals surface area contributed by atoms with E-state index in [-0.39, 0.29) is 24.6 Å². The fourth-order valence-corrected chi connectivity index (χ4v) is 10.0. The van der Waals surface area contributed by atoms with Crippen molar-refractivity contribution in [2.24, 2.45) is 34.5 Å². The Balaban J connectivity index is 1.43. The number of fused-ring (bicyclic) bond motifs is 5. The smallest absolute Gasteiger partial charge is 0.342 e. The second-order valence-corrected chi connectivity index (χ2v) is 13.0. The van der Waals surface area contributed by atoms with Crippen molar-refractivity contribution in [1.82, 2.24) is 0 Å². The maximum Gasteiger partial charge on any atom is 0.342 e. The number of esters is 2. The Bertz CT molecular complexity index is 1300. The van der Waals surface area contributed by atoms with E-state index >= 15 is 0 Å². The minimum absolute atomic E-state index is 0.0380. The van der Waals surface area contributed by atoms with Gasteiger partial charge in [0.1, 0.15) is 6.10 Å². The Hall–Kier alpha value is -2.36. The van der Waals surface area contributed by atoms with Crippen LogP contribution in [-0.2, 0) is 38.1 Å². The Morgan fingerprint density at radius 1 is 1.08 bits per heavy atom. The van der Waals surface area contributed by atoms with Crippen molar-refractivity contribution in [3.05, 3.63) is 23.8 Å². The second kappa shape index (κ2) is 6.10. The van der Waals surface area contributed by atoms with Gasteiger partial charge in [0, 0.05) is 5.92 Å². The number of Topliss-reactive ketones (excluding diaryl/α,β-unsaturated/α-hetero) is 1. The Labute approximate surface area is 213 Å². The van der Waals surface area contributed by atoms with Crippen LogP contribution in [0, 0.1) is 34.5 Å². The summed E-state index contributed by atoms with van der Waals surface area (Å²) < 4.78 is 25.1. The highest BCUT2D eigenvalue weighted by atomic mass is 16.8. The van der Waals surface area contributed by atoms with Gasteiger partial charge < -0.3 is 24.1 Å². The van der Waals surface area contributed by atoms with Gasteiger partial charge in [-0.05, 0) is 63.4 Å². The van der Waals surface area contributed by atoms with Crippen LogP contribution in [-0.4, -0.2) is 63.9 Å². The third-order valence-electron chi connectivity index (χ3n) is 12.0. The highest BCUT2D eigenvalue weighted by molar-refractivity contribution is 6.01. The molecule has 196 valence electrons. The first-order valence-electron chi connectivity index (χ1n) is 13.4. The number of carbonyl (C=O) groups excluding carboxylic acids is 4. The lowest BCUT2D eigenvalue weighted by atomic mass is 9.46. The summed E-state index contributed by atoms with van der Waals surface area (Å²) in [7, 11) is 0. The summed E-state index contributed by atoms with van der Waals surface area (Å²) in [5.41, 5.74) is -6.43. The quantitative estimate of drug-likeness (QED) is 0.382. The van der Waals surface area contributed by atoms with E-state index in [4.69, 9.17) is 18.9 Å². The number of hydrogen-bond donors (Lipinski definition) is 1. The molecule has 2 spiro atoms. The minimum atomic E-state index is -2.17. The van der Waals surface area contributed by atoms with Gasteiger partial charge in [0.25, 0.3) is 0 Å². The lowest BCUT2D eigenvalue weighted by Crippen LogP contribution is -2.79. The summed E-state index contributed by atoms with van der Waals surface area (Å²) in [6.45, 7) is 5.29. The first kappa shape index (κ1) is 22.6. The van der Waals surface area contributed by atoms with Gasteiger partial charge in [-0.3, -0.25) is 14.4 Å². The molecule has 5 aliphatic heterocycles. The van der Waals surface area contributed by atoms with Crippen LogP contribution in [0.2, 0.25) is 0 Å². The number of allylic oxidation sites excluding steroid dienone is 4. The molecule has 9 nitrogen and oxygen atoms in total. The normalized spacial score (nSPS) is 58.5. The zero-order valence-corrected chi connectivity index (χ0v) is 21.1. The van der Waals surface area contributed by atoms with Crippen molar-refractivity contribution >= 4 is 23.5 Å². The molecule has 1 N–H and O–H groups in total. The van der Waals surface area contributed by atoms with Crippen molar-refractivity contribution in [3.63, 3.8) is 0 Å². The molecule has 0 aromatic heterocycles. The first-order valence-corrected chi connectivity index (χ1v) is 13.4. The van der Waals surface area contributed by atoms with Crippen LogP contribution in [0.15, 0.2) is 23.8 Å². The van der Waals surface area contributed by atoms with Crippen molar-refractivity contribution in [2.75, 3.05) is 6.61 Å². The number of ketones is 2. The molecule has 37 heavy (non-hydrogen) atoms.